The molecule has 0 saturated carbocycles. The number of hydrogen-bond donors (Lipinski definition) is 3. The van der Waals surface area contributed by atoms with Crippen molar-refractivity contribution in [3.63, 3.8) is 0 Å². The van der Waals surface area contributed by atoms with Gasteiger partial charge in [-0.25, -0.2) is 9.59 Å². The lowest BCUT2D eigenvalue weighted by atomic mass is 10.2. The molecule has 0 bridgehead atoms. The van der Waals surface area contributed by atoms with Crippen LogP contribution in [0.5, 0.6) is 0 Å². The largest absolute Gasteiger partial charge is 0.478 e. The Balaban J connectivity index is 1.96. The van der Waals surface area contributed by atoms with Crippen LogP contribution < -0.4 is 10.6 Å². The molecule has 2 amide bonds. The number of urea groups is 1. The molecule has 1 aromatic rings. The Morgan fingerprint density at radius 1 is 1.17 bits per heavy atom. The molecule has 0 spiro atoms. The molecule has 3 N–H and O–H groups in total. The van der Waals surface area contributed by atoms with E-state index in [0.717, 1.165) is 13.1 Å². The standard InChI is InChI=1S/C12H15N3O3/c16-11(17)9-1-3-10(4-2-9)14-12(18)15-7-5-13-6-8-15/h1-4,13H,5-8H2,(H,14,18)(H,16,17). The third-order valence-corrected chi connectivity index (χ3v) is 2.79. The summed E-state index contributed by atoms with van der Waals surface area (Å²) >= 11 is 0. The van der Waals surface area contributed by atoms with Gasteiger partial charge in [-0.2, -0.15) is 0 Å². The average molecular weight is 249 g/mol. The molecular formula is C12H15N3O3. The summed E-state index contributed by atoms with van der Waals surface area (Å²) in [7, 11) is 0. The van der Waals surface area contributed by atoms with Crippen LogP contribution in [-0.2, 0) is 0 Å². The van der Waals surface area contributed by atoms with Gasteiger partial charge in [0.2, 0.25) is 0 Å². The van der Waals surface area contributed by atoms with E-state index in [0.29, 0.717) is 18.8 Å². The number of amides is 2. The average Bonchev–Trinajstić information content (AvgIpc) is 2.40. The lowest BCUT2D eigenvalue weighted by Crippen LogP contribution is -2.48. The predicted octanol–water partition coefficient (Wildman–Crippen LogP) is 0.822. The molecule has 0 aromatic heterocycles. The number of carboxylic acids is 1. The minimum atomic E-state index is -0.977. The third kappa shape index (κ3) is 2.98. The summed E-state index contributed by atoms with van der Waals surface area (Å²) in [6, 6.07) is 5.96. The van der Waals surface area contributed by atoms with Crippen LogP contribution in [0.3, 0.4) is 0 Å². The maximum absolute atomic E-state index is 11.9. The first-order valence-corrected chi connectivity index (χ1v) is 5.77. The van der Waals surface area contributed by atoms with E-state index in [1.807, 2.05) is 0 Å². The molecule has 96 valence electrons. The van der Waals surface area contributed by atoms with E-state index in [-0.39, 0.29) is 11.6 Å². The highest BCUT2D eigenvalue weighted by atomic mass is 16.4. The zero-order valence-electron chi connectivity index (χ0n) is 9.85. The zero-order valence-corrected chi connectivity index (χ0v) is 9.85. The maximum Gasteiger partial charge on any atom is 0.335 e. The van der Waals surface area contributed by atoms with Crippen molar-refractivity contribution in [3.8, 4) is 0 Å². The lowest BCUT2D eigenvalue weighted by molar-refractivity contribution is 0.0697. The van der Waals surface area contributed by atoms with Crippen molar-refractivity contribution in [2.24, 2.45) is 0 Å². The summed E-state index contributed by atoms with van der Waals surface area (Å²) in [5, 5.41) is 14.7. The molecule has 0 unspecified atom stereocenters. The molecular weight excluding hydrogens is 234 g/mol. The number of piperazine rings is 1. The molecule has 6 nitrogen and oxygen atoms in total. The van der Waals surface area contributed by atoms with Gasteiger partial charge in [0.25, 0.3) is 0 Å². The summed E-state index contributed by atoms with van der Waals surface area (Å²) in [5.74, 6) is -0.977. The van der Waals surface area contributed by atoms with Crippen molar-refractivity contribution in [1.29, 1.82) is 0 Å². The summed E-state index contributed by atoms with van der Waals surface area (Å²) in [5.41, 5.74) is 0.804. The van der Waals surface area contributed by atoms with Crippen LogP contribution in [0.1, 0.15) is 10.4 Å². The molecule has 1 heterocycles. The van der Waals surface area contributed by atoms with Crippen molar-refractivity contribution >= 4 is 17.7 Å². The van der Waals surface area contributed by atoms with Gasteiger partial charge in [-0.3, -0.25) is 0 Å². The normalized spacial score (nSPS) is 15.2. The Morgan fingerprint density at radius 3 is 2.33 bits per heavy atom. The number of hydrogen-bond acceptors (Lipinski definition) is 3. The smallest absolute Gasteiger partial charge is 0.335 e. The molecule has 1 aromatic carbocycles. The van der Waals surface area contributed by atoms with Crippen molar-refractivity contribution in [3.05, 3.63) is 29.8 Å². The number of nitrogens with one attached hydrogen (secondary N) is 2. The number of nitrogens with zero attached hydrogens (tertiary/aromatic N) is 1. The topological polar surface area (TPSA) is 81.7 Å². The number of anilines is 1. The van der Waals surface area contributed by atoms with Crippen molar-refractivity contribution in [2.75, 3.05) is 31.5 Å². The first-order chi connectivity index (χ1) is 8.66. The molecule has 18 heavy (non-hydrogen) atoms. The van der Waals surface area contributed by atoms with Crippen LogP contribution in [0.2, 0.25) is 0 Å². The number of carbonyl (C=O) groups is 2. The lowest BCUT2D eigenvalue weighted by Gasteiger charge is -2.27. The molecule has 0 atom stereocenters. The SMILES string of the molecule is O=C(O)c1ccc(NC(=O)N2CCNCC2)cc1. The Morgan fingerprint density at radius 2 is 1.78 bits per heavy atom. The van der Waals surface area contributed by atoms with E-state index in [1.54, 1.807) is 17.0 Å². The van der Waals surface area contributed by atoms with Crippen LogP contribution in [0.15, 0.2) is 24.3 Å². The van der Waals surface area contributed by atoms with Crippen LogP contribution in [0.4, 0.5) is 10.5 Å². The second kappa shape index (κ2) is 5.50. The van der Waals surface area contributed by atoms with Crippen LogP contribution in [0, 0.1) is 0 Å². The van der Waals surface area contributed by atoms with Crippen molar-refractivity contribution < 1.29 is 14.7 Å². The predicted molar refractivity (Wildman–Crippen MR) is 66.9 cm³/mol. The Bertz CT molecular complexity index is 438. The van der Waals surface area contributed by atoms with E-state index < -0.39 is 5.97 Å². The van der Waals surface area contributed by atoms with E-state index >= 15 is 0 Å². The number of rotatable bonds is 2. The number of aromatic carboxylic acids is 1. The van der Waals surface area contributed by atoms with Gasteiger partial charge in [0.05, 0.1) is 5.56 Å². The molecule has 0 radical (unpaired) electrons. The maximum atomic E-state index is 11.9. The van der Waals surface area contributed by atoms with Crippen molar-refractivity contribution in [2.45, 2.75) is 0 Å². The van der Waals surface area contributed by atoms with Gasteiger partial charge in [0.1, 0.15) is 0 Å². The van der Waals surface area contributed by atoms with Gasteiger partial charge in [0, 0.05) is 31.9 Å². The van der Waals surface area contributed by atoms with Crippen molar-refractivity contribution in [1.82, 2.24) is 10.2 Å². The summed E-state index contributed by atoms with van der Waals surface area (Å²) in [6.07, 6.45) is 0. The minimum absolute atomic E-state index is 0.153. The third-order valence-electron chi connectivity index (χ3n) is 2.79. The Labute approximate surface area is 105 Å². The summed E-state index contributed by atoms with van der Waals surface area (Å²) < 4.78 is 0. The zero-order chi connectivity index (χ0) is 13.0. The summed E-state index contributed by atoms with van der Waals surface area (Å²) in [4.78, 5) is 24.3. The number of benzene rings is 1. The van der Waals surface area contributed by atoms with E-state index in [4.69, 9.17) is 5.11 Å². The fraction of sp³-hybridized carbons (Fsp3) is 0.333. The highest BCUT2D eigenvalue weighted by Gasteiger charge is 2.15. The first kappa shape index (κ1) is 12.4. The quantitative estimate of drug-likeness (QED) is 0.725. The molecule has 1 aliphatic rings. The van der Waals surface area contributed by atoms with Crippen LogP contribution in [0.25, 0.3) is 0 Å². The van der Waals surface area contributed by atoms with E-state index in [9.17, 15) is 9.59 Å². The summed E-state index contributed by atoms with van der Waals surface area (Å²) in [6.45, 7) is 2.95. The van der Waals surface area contributed by atoms with Gasteiger partial charge in [-0.1, -0.05) is 0 Å². The number of carboxylic acid groups (broad SMARTS) is 1. The van der Waals surface area contributed by atoms with Gasteiger partial charge in [-0.05, 0) is 24.3 Å². The van der Waals surface area contributed by atoms with Crippen LogP contribution >= 0.6 is 0 Å². The molecule has 2 rings (SSSR count). The molecule has 0 aliphatic carbocycles. The first-order valence-electron chi connectivity index (χ1n) is 5.77. The molecule has 1 saturated heterocycles. The number of carbonyl (C=O) groups excluding carboxylic acids is 1. The van der Waals surface area contributed by atoms with Gasteiger partial charge >= 0.3 is 12.0 Å². The second-order valence-corrected chi connectivity index (χ2v) is 4.05. The van der Waals surface area contributed by atoms with Gasteiger partial charge < -0.3 is 20.6 Å². The fourth-order valence-electron chi connectivity index (χ4n) is 1.77. The van der Waals surface area contributed by atoms with Gasteiger partial charge in [-0.15, -0.1) is 0 Å². The molecule has 1 fully saturated rings. The van der Waals surface area contributed by atoms with Gasteiger partial charge in [0.15, 0.2) is 0 Å². The fourth-order valence-corrected chi connectivity index (χ4v) is 1.77. The molecule has 1 aliphatic heterocycles. The second-order valence-electron chi connectivity index (χ2n) is 4.05. The minimum Gasteiger partial charge on any atom is -0.478 e. The van der Waals surface area contributed by atoms with Crippen LogP contribution in [-0.4, -0.2) is 48.2 Å². The van der Waals surface area contributed by atoms with E-state index in [1.165, 1.54) is 12.1 Å². The monoisotopic (exact) mass is 249 g/mol. The van der Waals surface area contributed by atoms with E-state index in [2.05, 4.69) is 10.6 Å². The Kier molecular flexibility index (Phi) is 3.78. The highest BCUT2D eigenvalue weighted by molar-refractivity contribution is 5.91. The molecule has 6 heteroatoms. The Hall–Kier alpha value is -2.08. The highest BCUT2D eigenvalue weighted by Crippen LogP contribution is 2.10.